The van der Waals surface area contributed by atoms with Crippen molar-refractivity contribution < 1.29 is 4.74 Å². The Balaban J connectivity index is 0.00000625. The Bertz CT molecular complexity index is 454. The molecule has 1 rings (SSSR count). The molecule has 0 aliphatic heterocycles. The number of halogens is 1. The van der Waals surface area contributed by atoms with Crippen molar-refractivity contribution in [3.05, 3.63) is 30.3 Å². The summed E-state index contributed by atoms with van der Waals surface area (Å²) in [6.45, 7) is 3.74. The molecule has 26 heavy (non-hydrogen) atoms. The van der Waals surface area contributed by atoms with Gasteiger partial charge in [0.05, 0.1) is 6.61 Å². The van der Waals surface area contributed by atoms with Crippen LogP contribution in [0.1, 0.15) is 38.5 Å². The summed E-state index contributed by atoms with van der Waals surface area (Å²) in [4.78, 5) is 6.51. The molecule has 0 bridgehead atoms. The summed E-state index contributed by atoms with van der Waals surface area (Å²) < 4.78 is 5.68. The fraction of sp³-hybridized carbons (Fsp3) is 0.650. The van der Waals surface area contributed by atoms with Crippen LogP contribution >= 0.6 is 24.0 Å². The van der Waals surface area contributed by atoms with E-state index in [0.29, 0.717) is 6.61 Å². The lowest BCUT2D eigenvalue weighted by atomic mass is 10.1. The first kappa shape index (κ1) is 25.0. The predicted molar refractivity (Wildman–Crippen MR) is 123 cm³/mol. The highest BCUT2D eigenvalue weighted by Crippen LogP contribution is 2.08. The normalized spacial score (nSPS) is 11.2. The van der Waals surface area contributed by atoms with Gasteiger partial charge in [-0.1, -0.05) is 37.5 Å². The molecular weight excluding hydrogens is 439 g/mol. The Hall–Kier alpha value is -1.02. The molecule has 0 aliphatic carbocycles. The van der Waals surface area contributed by atoms with Crippen molar-refractivity contribution in [3.63, 3.8) is 0 Å². The van der Waals surface area contributed by atoms with Crippen LogP contribution in [0.5, 0.6) is 5.75 Å². The Labute approximate surface area is 177 Å². The molecule has 1 aromatic rings. The quantitative estimate of drug-likeness (QED) is 0.197. The number of nitrogens with one attached hydrogen (secondary N) is 2. The van der Waals surface area contributed by atoms with Gasteiger partial charge >= 0.3 is 0 Å². The largest absolute Gasteiger partial charge is 0.494 e. The Morgan fingerprint density at radius 3 is 2.19 bits per heavy atom. The molecule has 0 aromatic heterocycles. The molecule has 2 N–H and O–H groups in total. The first-order valence-electron chi connectivity index (χ1n) is 9.49. The molecule has 0 saturated heterocycles. The minimum atomic E-state index is 0. The molecule has 150 valence electrons. The molecule has 1 aromatic carbocycles. The van der Waals surface area contributed by atoms with Crippen LogP contribution in [-0.4, -0.2) is 58.2 Å². The van der Waals surface area contributed by atoms with E-state index in [2.05, 4.69) is 34.6 Å². The van der Waals surface area contributed by atoms with Gasteiger partial charge in [0.15, 0.2) is 5.96 Å². The number of ether oxygens (including phenoxy) is 1. The third-order valence-electron chi connectivity index (χ3n) is 3.92. The van der Waals surface area contributed by atoms with E-state index < -0.39 is 0 Å². The van der Waals surface area contributed by atoms with Gasteiger partial charge in [0.25, 0.3) is 0 Å². The van der Waals surface area contributed by atoms with Gasteiger partial charge in [-0.25, -0.2) is 0 Å². The van der Waals surface area contributed by atoms with Crippen molar-refractivity contribution in [2.75, 3.05) is 47.4 Å². The molecular formula is C20H37IN4O. The lowest BCUT2D eigenvalue weighted by Gasteiger charge is -2.12. The van der Waals surface area contributed by atoms with E-state index in [-0.39, 0.29) is 24.0 Å². The molecule has 0 aliphatic rings. The number of unbranched alkanes of at least 4 members (excludes halogenated alkanes) is 4. The van der Waals surface area contributed by atoms with E-state index in [9.17, 15) is 0 Å². The van der Waals surface area contributed by atoms with Crippen molar-refractivity contribution in [3.8, 4) is 5.75 Å². The highest BCUT2D eigenvalue weighted by molar-refractivity contribution is 14.0. The summed E-state index contributed by atoms with van der Waals surface area (Å²) in [7, 11) is 6.09. The molecule has 0 amide bonds. The van der Waals surface area contributed by atoms with Crippen LogP contribution < -0.4 is 15.4 Å². The van der Waals surface area contributed by atoms with Crippen molar-refractivity contribution in [1.82, 2.24) is 15.5 Å². The minimum absolute atomic E-state index is 0. The van der Waals surface area contributed by atoms with Gasteiger partial charge in [-0.3, -0.25) is 4.99 Å². The summed E-state index contributed by atoms with van der Waals surface area (Å²) in [5.74, 6) is 1.81. The highest BCUT2D eigenvalue weighted by atomic mass is 127. The van der Waals surface area contributed by atoms with Crippen LogP contribution in [0.2, 0.25) is 0 Å². The zero-order valence-corrected chi connectivity index (χ0v) is 19.0. The van der Waals surface area contributed by atoms with E-state index in [4.69, 9.17) is 4.74 Å². The van der Waals surface area contributed by atoms with Crippen LogP contribution in [-0.2, 0) is 0 Å². The molecule has 0 atom stereocenters. The van der Waals surface area contributed by atoms with Gasteiger partial charge in [0, 0.05) is 20.1 Å². The molecule has 0 fully saturated rings. The number of nitrogens with zero attached hydrogens (tertiary/aromatic N) is 2. The SMILES string of the molecule is CN=C(NCCCCCCCN(C)C)NCCCOc1ccccc1.I. The van der Waals surface area contributed by atoms with Gasteiger partial charge < -0.3 is 20.3 Å². The van der Waals surface area contributed by atoms with Gasteiger partial charge in [0.2, 0.25) is 0 Å². The molecule has 6 heteroatoms. The second-order valence-corrected chi connectivity index (χ2v) is 6.51. The highest BCUT2D eigenvalue weighted by Gasteiger charge is 1.98. The summed E-state index contributed by atoms with van der Waals surface area (Å²) >= 11 is 0. The second-order valence-electron chi connectivity index (χ2n) is 6.51. The zero-order valence-electron chi connectivity index (χ0n) is 16.7. The molecule has 0 unspecified atom stereocenters. The van der Waals surface area contributed by atoms with Crippen molar-refractivity contribution in [2.24, 2.45) is 4.99 Å². The summed E-state index contributed by atoms with van der Waals surface area (Å²) in [5, 5.41) is 6.71. The average Bonchev–Trinajstić information content (AvgIpc) is 2.62. The van der Waals surface area contributed by atoms with Crippen LogP contribution in [0.15, 0.2) is 35.3 Å². The third kappa shape index (κ3) is 14.2. The second kappa shape index (κ2) is 17.4. The number of rotatable bonds is 13. The average molecular weight is 476 g/mol. The Kier molecular flexibility index (Phi) is 16.7. The topological polar surface area (TPSA) is 48.9 Å². The minimum Gasteiger partial charge on any atom is -0.494 e. The van der Waals surface area contributed by atoms with E-state index in [1.807, 2.05) is 37.4 Å². The van der Waals surface area contributed by atoms with Crippen LogP contribution in [0.25, 0.3) is 0 Å². The number of hydrogen-bond donors (Lipinski definition) is 2. The van der Waals surface area contributed by atoms with E-state index in [1.165, 1.54) is 38.6 Å². The zero-order chi connectivity index (χ0) is 18.2. The molecule has 0 spiro atoms. The molecule has 0 saturated carbocycles. The van der Waals surface area contributed by atoms with Gasteiger partial charge in [-0.15, -0.1) is 24.0 Å². The lowest BCUT2D eigenvalue weighted by Crippen LogP contribution is -2.38. The maximum Gasteiger partial charge on any atom is 0.190 e. The monoisotopic (exact) mass is 476 g/mol. The van der Waals surface area contributed by atoms with Crippen LogP contribution in [0, 0.1) is 0 Å². The first-order valence-corrected chi connectivity index (χ1v) is 9.49. The molecule has 0 radical (unpaired) electrons. The number of para-hydroxylation sites is 1. The number of hydrogen-bond acceptors (Lipinski definition) is 3. The number of guanidine groups is 1. The third-order valence-corrected chi connectivity index (χ3v) is 3.92. The van der Waals surface area contributed by atoms with Crippen LogP contribution in [0.4, 0.5) is 0 Å². The van der Waals surface area contributed by atoms with E-state index >= 15 is 0 Å². The summed E-state index contributed by atoms with van der Waals surface area (Å²) in [5.41, 5.74) is 0. The molecule has 5 nitrogen and oxygen atoms in total. The maximum atomic E-state index is 5.68. The molecule has 0 heterocycles. The smallest absolute Gasteiger partial charge is 0.190 e. The standard InChI is InChI=1S/C20H36N4O.HI/c1-21-20(22-15-10-5-4-6-11-17-24(2)3)23-16-12-18-25-19-13-8-7-9-14-19;/h7-9,13-14H,4-6,10-12,15-18H2,1-3H3,(H2,21,22,23);1H. The number of aliphatic imine (C=N–C) groups is 1. The number of benzene rings is 1. The van der Waals surface area contributed by atoms with Crippen LogP contribution in [0.3, 0.4) is 0 Å². The predicted octanol–water partition coefficient (Wildman–Crippen LogP) is 3.75. The van der Waals surface area contributed by atoms with Crippen molar-refractivity contribution in [2.45, 2.75) is 38.5 Å². The summed E-state index contributed by atoms with van der Waals surface area (Å²) in [6.07, 6.45) is 7.36. The van der Waals surface area contributed by atoms with E-state index in [0.717, 1.165) is 31.2 Å². The lowest BCUT2D eigenvalue weighted by molar-refractivity contribution is 0.311. The van der Waals surface area contributed by atoms with E-state index in [1.54, 1.807) is 0 Å². The van der Waals surface area contributed by atoms with Crippen molar-refractivity contribution >= 4 is 29.9 Å². The van der Waals surface area contributed by atoms with Crippen molar-refractivity contribution in [1.29, 1.82) is 0 Å². The fourth-order valence-corrected chi connectivity index (χ4v) is 2.50. The van der Waals surface area contributed by atoms with Gasteiger partial charge in [0.1, 0.15) is 5.75 Å². The summed E-state index contributed by atoms with van der Waals surface area (Å²) in [6, 6.07) is 9.93. The first-order chi connectivity index (χ1) is 12.2. The fourth-order valence-electron chi connectivity index (χ4n) is 2.50. The Morgan fingerprint density at radius 2 is 1.54 bits per heavy atom. The van der Waals surface area contributed by atoms with Gasteiger partial charge in [-0.2, -0.15) is 0 Å². The Morgan fingerprint density at radius 1 is 0.923 bits per heavy atom. The van der Waals surface area contributed by atoms with Gasteiger partial charge in [-0.05, 0) is 52.0 Å². The maximum absolute atomic E-state index is 5.68.